The Labute approximate surface area is 126 Å². The molecule has 0 saturated carbocycles. The van der Waals surface area contributed by atoms with Crippen LogP contribution in [0.4, 0.5) is 11.4 Å². The maximum absolute atomic E-state index is 6.10. The summed E-state index contributed by atoms with van der Waals surface area (Å²) in [5.41, 5.74) is 9.24. The molecular weight excluding hydrogens is 260 g/mol. The van der Waals surface area contributed by atoms with Crippen molar-refractivity contribution in [2.75, 3.05) is 43.4 Å². The minimum Gasteiger partial charge on any atom is -0.398 e. The van der Waals surface area contributed by atoms with Gasteiger partial charge in [0, 0.05) is 60.2 Å². The van der Waals surface area contributed by atoms with Gasteiger partial charge in [0.1, 0.15) is 0 Å². The topological polar surface area (TPSA) is 45.4 Å². The van der Waals surface area contributed by atoms with Crippen LogP contribution in [0.25, 0.3) is 10.8 Å². The molecule has 1 saturated heterocycles. The summed E-state index contributed by atoms with van der Waals surface area (Å²) < 4.78 is 0. The van der Waals surface area contributed by atoms with Crippen LogP contribution in [-0.2, 0) is 0 Å². The number of nitrogens with zero attached hydrogens (tertiary/aromatic N) is 3. The molecule has 0 radical (unpaired) electrons. The van der Waals surface area contributed by atoms with E-state index in [9.17, 15) is 0 Å². The van der Waals surface area contributed by atoms with Crippen molar-refractivity contribution in [3.8, 4) is 0 Å². The molecule has 1 aliphatic heterocycles. The number of nitrogens with two attached hydrogens (primary N) is 1. The minimum absolute atomic E-state index is 0.811. The zero-order chi connectivity index (χ0) is 14.8. The van der Waals surface area contributed by atoms with Crippen molar-refractivity contribution in [3.63, 3.8) is 0 Å². The van der Waals surface area contributed by atoms with Crippen LogP contribution in [0.1, 0.15) is 19.0 Å². The monoisotopic (exact) mass is 284 g/mol. The first kappa shape index (κ1) is 14.1. The van der Waals surface area contributed by atoms with E-state index in [0.717, 1.165) is 42.9 Å². The molecule has 1 fully saturated rings. The van der Waals surface area contributed by atoms with Crippen molar-refractivity contribution in [2.45, 2.75) is 20.3 Å². The molecule has 0 atom stereocenters. The van der Waals surface area contributed by atoms with Crippen LogP contribution < -0.4 is 10.6 Å². The molecule has 112 valence electrons. The third-order valence-electron chi connectivity index (χ3n) is 4.30. The smallest absolute Gasteiger partial charge is 0.0449 e. The number of piperazine rings is 1. The third-order valence-corrected chi connectivity index (χ3v) is 4.30. The van der Waals surface area contributed by atoms with Gasteiger partial charge in [-0.1, -0.05) is 6.92 Å². The molecule has 4 nitrogen and oxygen atoms in total. The average molecular weight is 284 g/mol. The highest BCUT2D eigenvalue weighted by molar-refractivity contribution is 6.01. The summed E-state index contributed by atoms with van der Waals surface area (Å²) >= 11 is 0. The zero-order valence-electron chi connectivity index (χ0n) is 13.0. The predicted molar refractivity (Wildman–Crippen MR) is 89.8 cm³/mol. The predicted octanol–water partition coefficient (Wildman–Crippen LogP) is 2.66. The number of hydrogen-bond donors (Lipinski definition) is 1. The van der Waals surface area contributed by atoms with Gasteiger partial charge in [-0.3, -0.25) is 9.88 Å². The van der Waals surface area contributed by atoms with Gasteiger partial charge in [-0.15, -0.1) is 0 Å². The molecule has 0 spiro atoms. The fraction of sp³-hybridized carbons (Fsp3) is 0.471. The molecule has 0 unspecified atom stereocenters. The highest BCUT2D eigenvalue weighted by atomic mass is 15.3. The quantitative estimate of drug-likeness (QED) is 0.880. The molecule has 2 N–H and O–H groups in total. The first-order valence-corrected chi connectivity index (χ1v) is 7.81. The lowest BCUT2D eigenvalue weighted by Gasteiger charge is -2.36. The molecule has 2 heterocycles. The number of aromatic nitrogens is 1. The molecule has 1 aromatic carbocycles. The highest BCUT2D eigenvalue weighted by Gasteiger charge is 2.18. The number of pyridine rings is 1. The van der Waals surface area contributed by atoms with E-state index in [0.29, 0.717) is 0 Å². The Kier molecular flexibility index (Phi) is 3.97. The van der Waals surface area contributed by atoms with Gasteiger partial charge in [-0.05, 0) is 38.1 Å². The van der Waals surface area contributed by atoms with Gasteiger partial charge in [0.05, 0.1) is 0 Å². The van der Waals surface area contributed by atoms with Gasteiger partial charge >= 0.3 is 0 Å². The standard InChI is InChI=1S/C17H24N4/c1-3-6-20-7-9-21(10-8-20)17-5-4-16(18)15-12-19-13(2)11-14(15)17/h4-5,11-12H,3,6-10,18H2,1-2H3. The zero-order valence-corrected chi connectivity index (χ0v) is 13.0. The van der Waals surface area contributed by atoms with E-state index in [-0.39, 0.29) is 0 Å². The van der Waals surface area contributed by atoms with Gasteiger partial charge < -0.3 is 10.6 Å². The summed E-state index contributed by atoms with van der Waals surface area (Å²) in [6.07, 6.45) is 3.13. The lowest BCUT2D eigenvalue weighted by Crippen LogP contribution is -2.46. The Bertz CT molecular complexity index is 630. The maximum atomic E-state index is 6.10. The van der Waals surface area contributed by atoms with Crippen LogP contribution in [-0.4, -0.2) is 42.6 Å². The van der Waals surface area contributed by atoms with Gasteiger partial charge in [0.2, 0.25) is 0 Å². The Morgan fingerprint density at radius 1 is 1.14 bits per heavy atom. The molecule has 2 aromatic rings. The lowest BCUT2D eigenvalue weighted by molar-refractivity contribution is 0.258. The summed E-state index contributed by atoms with van der Waals surface area (Å²) in [4.78, 5) is 9.41. The summed E-state index contributed by atoms with van der Waals surface area (Å²) in [7, 11) is 0. The van der Waals surface area contributed by atoms with Crippen molar-refractivity contribution in [1.82, 2.24) is 9.88 Å². The van der Waals surface area contributed by atoms with E-state index in [4.69, 9.17) is 5.73 Å². The van der Waals surface area contributed by atoms with E-state index in [1.165, 1.54) is 24.0 Å². The number of hydrogen-bond acceptors (Lipinski definition) is 4. The molecule has 21 heavy (non-hydrogen) atoms. The molecular formula is C17H24N4. The van der Waals surface area contributed by atoms with Gasteiger partial charge in [-0.25, -0.2) is 0 Å². The highest BCUT2D eigenvalue weighted by Crippen LogP contribution is 2.31. The van der Waals surface area contributed by atoms with E-state index < -0.39 is 0 Å². The molecule has 0 aliphatic carbocycles. The molecule has 0 amide bonds. The van der Waals surface area contributed by atoms with Gasteiger partial charge in [0.15, 0.2) is 0 Å². The number of anilines is 2. The van der Waals surface area contributed by atoms with Crippen LogP contribution >= 0.6 is 0 Å². The summed E-state index contributed by atoms with van der Waals surface area (Å²) in [6.45, 7) is 9.94. The van der Waals surface area contributed by atoms with Crippen molar-refractivity contribution in [3.05, 3.63) is 30.1 Å². The number of benzene rings is 1. The second-order valence-corrected chi connectivity index (χ2v) is 5.87. The van der Waals surface area contributed by atoms with Crippen LogP contribution in [0.5, 0.6) is 0 Å². The van der Waals surface area contributed by atoms with E-state index >= 15 is 0 Å². The maximum Gasteiger partial charge on any atom is 0.0449 e. The van der Waals surface area contributed by atoms with Crippen molar-refractivity contribution < 1.29 is 0 Å². The second kappa shape index (κ2) is 5.90. The minimum atomic E-state index is 0.811. The Balaban J connectivity index is 1.91. The molecule has 4 heteroatoms. The Hall–Kier alpha value is -1.81. The van der Waals surface area contributed by atoms with Crippen LogP contribution in [0.2, 0.25) is 0 Å². The molecule has 1 aromatic heterocycles. The van der Waals surface area contributed by atoms with Crippen LogP contribution in [0.15, 0.2) is 24.4 Å². The first-order chi connectivity index (χ1) is 10.2. The van der Waals surface area contributed by atoms with E-state index in [1.54, 1.807) is 0 Å². The first-order valence-electron chi connectivity index (χ1n) is 7.81. The molecule has 1 aliphatic rings. The SMILES string of the molecule is CCCN1CCN(c2ccc(N)c3cnc(C)cc23)CC1. The van der Waals surface area contributed by atoms with Crippen LogP contribution in [0.3, 0.4) is 0 Å². The van der Waals surface area contributed by atoms with Gasteiger partial charge in [0.25, 0.3) is 0 Å². The number of aryl methyl sites for hydroxylation is 1. The van der Waals surface area contributed by atoms with Crippen molar-refractivity contribution >= 4 is 22.1 Å². The fourth-order valence-corrected chi connectivity index (χ4v) is 3.15. The van der Waals surface area contributed by atoms with E-state index in [1.807, 2.05) is 19.2 Å². The second-order valence-electron chi connectivity index (χ2n) is 5.87. The van der Waals surface area contributed by atoms with Gasteiger partial charge in [-0.2, -0.15) is 0 Å². The van der Waals surface area contributed by atoms with E-state index in [2.05, 4.69) is 33.8 Å². The summed E-state index contributed by atoms with van der Waals surface area (Å²) in [5.74, 6) is 0. The van der Waals surface area contributed by atoms with Crippen LogP contribution in [0, 0.1) is 6.92 Å². The fourth-order valence-electron chi connectivity index (χ4n) is 3.15. The molecule has 0 bridgehead atoms. The summed E-state index contributed by atoms with van der Waals surface area (Å²) in [5, 5.41) is 2.29. The third kappa shape index (κ3) is 2.81. The Morgan fingerprint density at radius 2 is 1.90 bits per heavy atom. The molecule has 3 rings (SSSR count). The number of nitrogen functional groups attached to an aromatic ring is 1. The number of fused-ring (bicyclic) bond motifs is 1. The van der Waals surface area contributed by atoms with Crippen molar-refractivity contribution in [2.24, 2.45) is 0 Å². The lowest BCUT2D eigenvalue weighted by atomic mass is 10.1. The normalized spacial score (nSPS) is 16.6. The average Bonchev–Trinajstić information content (AvgIpc) is 2.49. The Morgan fingerprint density at radius 3 is 2.62 bits per heavy atom. The van der Waals surface area contributed by atoms with Crippen molar-refractivity contribution in [1.29, 1.82) is 0 Å². The summed E-state index contributed by atoms with van der Waals surface area (Å²) in [6, 6.07) is 6.32. The number of rotatable bonds is 3. The largest absolute Gasteiger partial charge is 0.398 e.